The molecule has 3 N–H and O–H groups in total. The molecule has 0 amide bonds. The molecule has 0 saturated carbocycles. The molecule has 0 spiro atoms. The summed E-state index contributed by atoms with van der Waals surface area (Å²) in [6, 6.07) is 120. The highest BCUT2D eigenvalue weighted by Crippen LogP contribution is 2.59. The third-order valence-electron chi connectivity index (χ3n) is 21.1. The highest BCUT2D eigenvalue weighted by atomic mass is 80.0. The van der Waals surface area contributed by atoms with Crippen LogP contribution < -0.4 is 72.5 Å². The van der Waals surface area contributed by atoms with E-state index in [2.05, 4.69) is 335 Å². The van der Waals surface area contributed by atoms with Crippen LogP contribution in [0.3, 0.4) is 0 Å². The van der Waals surface area contributed by atoms with Crippen molar-refractivity contribution in [2.45, 2.75) is 67.1 Å². The topological polar surface area (TPSA) is 211 Å². The monoisotopic (exact) mass is 2490 g/mol. The van der Waals surface area contributed by atoms with E-state index in [9.17, 15) is 29.1 Å². The number of alkyl halides is 1. The smallest absolute Gasteiger partial charge is 0.369 e. The van der Waals surface area contributed by atoms with Crippen LogP contribution in [-0.2, 0) is 27.6 Å². The molecule has 0 aliphatic rings. The van der Waals surface area contributed by atoms with Crippen molar-refractivity contribution < 1.29 is 89.4 Å². The van der Waals surface area contributed by atoms with E-state index in [0.717, 1.165) is 96.6 Å². The Hall–Kier alpha value is -10.5. The summed E-state index contributed by atoms with van der Waals surface area (Å²) in [4.78, 5) is 54.0. The molecule has 0 aromatic heterocycles. The van der Waals surface area contributed by atoms with Crippen molar-refractivity contribution in [3.63, 3.8) is 0 Å². The molecule has 15 rings (SSSR count). The number of phenolic OH excluding ortho intramolecular Hbond substituents is 1. The number of aromatic hydroxyl groups is 1. The molecule has 15 nitrogen and oxygen atoms in total. The molecule has 746 valence electrons. The lowest BCUT2D eigenvalue weighted by Crippen LogP contribution is -3.00. The standard InChI is InChI=1S/C27H26OP.C18H18O3.C18H15P.C16H14O3.C9H11BrO.C9H8O3.C9H12O2.C9H10O2.CH4.BBr3.Br3P.BrH/c1-22-20-24(28-2)19-18-23(22)21-29(25-12-6-3-7-13-25,26-14-8-4-9-15-26)27-16-10-5-11-17-27;1-13-11-17(20-2)10-9-15(13)8-7-14-5-4-6-16(12-14)18(19)21-3;1-4-10-16(11-5-1)19(17-12-6-2-7-13-17)18-14-8-3-9-15-18;1-11-9-15(17)8-7-13(11)6-5-12-3-2-4-14(10-12)16(18)19;1-7-5-9(11-2)4-3-8(7)6-10;1-12-9(11)8-4-2-3-7(5-8)6-10;2*1-7-5-9(11-2)4-3-8(7)6-10;;2-1(3)4;1-4(2)3;/h3-20H,21H2,1-2H3;4-12H,1-3H3;1-15H;2-10,17H,1H3,(H,18,19);3-5H,6H2,1-2H3;2-6H,1H3;3-5,10H,6H2,1-2H3;3-6H,1-2H3;1H4;;;1H/q+1;;;;;;;;;;;/p-1/b;8-7+;;6-5+;;;;;;;;. The number of esters is 2. The molecular weight excluding hydrogens is 2380 g/mol. The van der Waals surface area contributed by atoms with E-state index in [0.29, 0.717) is 28.5 Å². The summed E-state index contributed by atoms with van der Waals surface area (Å²) < 4.78 is 35.0. The van der Waals surface area contributed by atoms with Gasteiger partial charge in [0.25, 0.3) is 0 Å². The lowest BCUT2D eigenvalue weighted by atomic mass is 10.1. The summed E-state index contributed by atoms with van der Waals surface area (Å²) in [6.07, 6.45) is 10.3. The molecule has 15 aromatic rings. The van der Waals surface area contributed by atoms with E-state index in [1.54, 1.807) is 108 Å². The summed E-state index contributed by atoms with van der Waals surface area (Å²) in [7, 11) is 8.67. The van der Waals surface area contributed by atoms with Gasteiger partial charge < -0.3 is 65.5 Å². The highest BCUT2D eigenvalue weighted by Gasteiger charge is 2.45. The number of benzene rings is 15. The summed E-state index contributed by atoms with van der Waals surface area (Å²) in [5.41, 5.74) is 16.5. The maximum absolute atomic E-state index is 11.5. The Morgan fingerprint density at radius 1 is 0.350 bits per heavy atom. The van der Waals surface area contributed by atoms with Crippen LogP contribution in [0.25, 0.3) is 24.3 Å². The molecular formula is C116H118BBr8O15P3. The Kier molecular flexibility index (Phi) is 60.6. The second-order valence-electron chi connectivity index (χ2n) is 30.5. The van der Waals surface area contributed by atoms with Gasteiger partial charge in [-0.3, -0.25) is 9.59 Å². The van der Waals surface area contributed by atoms with Gasteiger partial charge in [0.05, 0.1) is 79.2 Å². The Balaban J connectivity index is 0.000000344. The number of hydrogen-bond donors (Lipinski definition) is 3. The quantitative estimate of drug-likeness (QED) is 0.0128. The van der Waals surface area contributed by atoms with Crippen LogP contribution in [0.15, 0.2) is 364 Å². The number of phenols is 1. The van der Waals surface area contributed by atoms with Crippen LogP contribution in [0.1, 0.15) is 132 Å². The third kappa shape index (κ3) is 43.7. The fourth-order valence-electron chi connectivity index (χ4n) is 13.7. The van der Waals surface area contributed by atoms with Gasteiger partial charge in [-0.15, -0.1) is 47.3 Å². The van der Waals surface area contributed by atoms with Crippen molar-refractivity contribution in [2.75, 3.05) is 49.8 Å². The second kappa shape index (κ2) is 69.5. The number of carbonyl (C=O) groups excluding carboxylic acids is 4. The van der Waals surface area contributed by atoms with Gasteiger partial charge in [-0.1, -0.05) is 260 Å². The van der Waals surface area contributed by atoms with E-state index in [1.807, 2.05) is 131 Å². The SMILES string of the molecule is BrB(Br)Br.BrP(Br)Br.C.COC(=O)c1cccc(/C=C/c2ccc(OC)cc2C)c1.COC(=O)c1cccc(C=O)c1.COc1ccc(C=O)c(C)c1.COc1ccc(CBr)c(C)c1.COc1ccc(CO)c(C)c1.COc1ccc(C[P+](c2ccccc2)(c2ccccc2)c2ccccc2)c(C)c1.Cc1cc(O)ccc1/C=C/c1cccc(C(=O)O)c1.[Br-].c1ccc(P(c2ccccc2)c2ccccc2)cc1. The second-order valence-corrected chi connectivity index (χ2v) is 58.5. The minimum Gasteiger partial charge on any atom is -1.00 e. The first-order chi connectivity index (χ1) is 67.9. The summed E-state index contributed by atoms with van der Waals surface area (Å²) >= 11 is 22.2. The maximum Gasteiger partial charge on any atom is 0.369 e. The minimum absolute atomic E-state index is 0. The van der Waals surface area contributed by atoms with Gasteiger partial charge in [0.2, 0.25) is 0 Å². The molecule has 0 saturated heterocycles. The van der Waals surface area contributed by atoms with Crippen molar-refractivity contribution in [1.29, 1.82) is 0 Å². The van der Waals surface area contributed by atoms with Gasteiger partial charge in [0, 0.05) is 16.5 Å². The van der Waals surface area contributed by atoms with Crippen LogP contribution in [0.2, 0.25) is 0 Å². The number of aromatic carboxylic acids is 1. The first-order valence-corrected chi connectivity index (χ1v) is 58.4. The number of carboxylic acids is 1. The number of rotatable bonds is 24. The Bertz CT molecular complexity index is 6150. The Morgan fingerprint density at radius 3 is 0.951 bits per heavy atom. The Morgan fingerprint density at radius 2 is 0.643 bits per heavy atom. The molecule has 0 unspecified atom stereocenters. The number of carbonyl (C=O) groups is 5. The molecule has 27 heteroatoms. The number of ether oxygens (including phenoxy) is 7. The Labute approximate surface area is 914 Å². The van der Waals surface area contributed by atoms with Gasteiger partial charge in [-0.25, -0.2) is 14.4 Å². The lowest BCUT2D eigenvalue weighted by molar-refractivity contribution is -0.0000831. The van der Waals surface area contributed by atoms with Crippen molar-refractivity contribution in [3.8, 4) is 34.5 Å². The lowest BCUT2D eigenvalue weighted by Gasteiger charge is -2.28. The molecule has 0 heterocycles. The summed E-state index contributed by atoms with van der Waals surface area (Å²) in [5, 5.41) is 36.4. The maximum atomic E-state index is 11.5. The number of aliphatic hydroxyl groups is 1. The predicted octanol–water partition coefficient (Wildman–Crippen LogP) is 27.2. The van der Waals surface area contributed by atoms with E-state index in [1.165, 1.54) is 74.4 Å². The number of halogens is 8. The molecule has 0 radical (unpaired) electrons. The largest absolute Gasteiger partial charge is 1.00 e. The normalized spacial score (nSPS) is 10.1. The van der Waals surface area contributed by atoms with Crippen molar-refractivity contribution in [3.05, 3.63) is 464 Å². The minimum atomic E-state index is -1.87. The molecule has 0 aliphatic carbocycles. The van der Waals surface area contributed by atoms with E-state index in [4.69, 9.17) is 38.6 Å². The van der Waals surface area contributed by atoms with E-state index >= 15 is 0 Å². The van der Waals surface area contributed by atoms with Crippen molar-refractivity contribution in [2.24, 2.45) is 0 Å². The molecule has 0 fully saturated rings. The fourth-order valence-corrected chi connectivity index (χ4v) is 21.0. The van der Waals surface area contributed by atoms with Gasteiger partial charge in [0.15, 0.2) is 0 Å². The van der Waals surface area contributed by atoms with Crippen LogP contribution in [0.5, 0.6) is 34.5 Å². The first kappa shape index (κ1) is 125. The van der Waals surface area contributed by atoms with Crippen LogP contribution in [0, 0.1) is 41.5 Å². The zero-order valence-electron chi connectivity index (χ0n) is 80.9. The number of aliphatic hydroxyl groups excluding tert-OH is 1. The van der Waals surface area contributed by atoms with Gasteiger partial charge in [0.1, 0.15) is 74.3 Å². The number of methoxy groups -OCH3 is 7. The van der Waals surface area contributed by atoms with Gasteiger partial charge in [-0.05, 0) is 336 Å². The molecule has 15 aromatic carbocycles. The number of carboxylic acid groups (broad SMARTS) is 1. The average Bonchev–Trinajstić information content (AvgIpc) is 0.746. The fraction of sp³-hybridized carbons (Fsp3) is 0.147. The molecule has 0 bridgehead atoms. The van der Waals surface area contributed by atoms with Crippen LogP contribution in [-0.4, -0.2) is 98.8 Å². The van der Waals surface area contributed by atoms with Gasteiger partial charge >= 0.3 is 21.1 Å². The van der Waals surface area contributed by atoms with Crippen molar-refractivity contribution in [1.82, 2.24) is 0 Å². The number of hydrogen-bond acceptors (Lipinski definition) is 14. The summed E-state index contributed by atoms with van der Waals surface area (Å²) in [6.45, 7) is 12.1. The van der Waals surface area contributed by atoms with Crippen LogP contribution in [0.4, 0.5) is 0 Å². The third-order valence-corrected chi connectivity index (χ3v) is 28.5. The molecule has 0 atom stereocenters. The summed E-state index contributed by atoms with van der Waals surface area (Å²) in [5.74, 6) is 2.84. The molecule has 143 heavy (non-hydrogen) atoms. The van der Waals surface area contributed by atoms with E-state index in [-0.39, 0.29) is 55.5 Å². The predicted molar refractivity (Wildman–Crippen MR) is 625 cm³/mol. The van der Waals surface area contributed by atoms with Gasteiger partial charge in [-0.2, -0.15) is 0 Å². The molecule has 0 aliphatic heterocycles. The van der Waals surface area contributed by atoms with E-state index < -0.39 is 27.1 Å². The zero-order valence-corrected chi connectivity index (χ0v) is 96.3. The average molecular weight is 2500 g/mol. The number of aryl methyl sites for hydroxylation is 6. The first-order valence-electron chi connectivity index (χ1n) is 43.8. The highest BCUT2D eigenvalue weighted by molar-refractivity contribution is 9.93. The van der Waals surface area contributed by atoms with Crippen LogP contribution >= 0.6 is 129 Å². The zero-order chi connectivity index (χ0) is 103. The number of aldehydes is 2. The van der Waals surface area contributed by atoms with Crippen molar-refractivity contribution >= 4 is 219 Å².